The predicted molar refractivity (Wildman–Crippen MR) is 80.4 cm³/mol. The van der Waals surface area contributed by atoms with Gasteiger partial charge in [-0.1, -0.05) is 50.1 Å². The molecular weight excluding hydrogens is 250 g/mol. The van der Waals surface area contributed by atoms with E-state index in [9.17, 15) is 4.79 Å². The average Bonchev–Trinajstić information content (AvgIpc) is 2.87. The summed E-state index contributed by atoms with van der Waals surface area (Å²) < 4.78 is 5.55. The van der Waals surface area contributed by atoms with Crippen LogP contribution < -0.4 is 0 Å². The molecule has 1 aromatic rings. The fourth-order valence-corrected chi connectivity index (χ4v) is 2.64. The first-order valence-corrected chi connectivity index (χ1v) is 7.73. The van der Waals surface area contributed by atoms with Crippen molar-refractivity contribution in [3.05, 3.63) is 35.9 Å². The van der Waals surface area contributed by atoms with Gasteiger partial charge in [-0.2, -0.15) is 0 Å². The van der Waals surface area contributed by atoms with E-state index in [1.165, 1.54) is 5.56 Å². The van der Waals surface area contributed by atoms with E-state index in [0.717, 1.165) is 45.3 Å². The van der Waals surface area contributed by atoms with Gasteiger partial charge in [0, 0.05) is 26.1 Å². The van der Waals surface area contributed by atoms with E-state index in [4.69, 9.17) is 4.74 Å². The van der Waals surface area contributed by atoms with E-state index in [1.54, 1.807) is 0 Å². The number of esters is 1. The third-order valence-electron chi connectivity index (χ3n) is 3.76. The Morgan fingerprint density at radius 3 is 2.85 bits per heavy atom. The lowest BCUT2D eigenvalue weighted by Gasteiger charge is -2.16. The van der Waals surface area contributed by atoms with Crippen LogP contribution in [0.1, 0.15) is 44.6 Å². The van der Waals surface area contributed by atoms with Crippen molar-refractivity contribution < 1.29 is 9.53 Å². The first-order valence-electron chi connectivity index (χ1n) is 7.73. The molecule has 1 atom stereocenters. The lowest BCUT2D eigenvalue weighted by atomic mass is 10.2. The van der Waals surface area contributed by atoms with Crippen LogP contribution in [-0.2, 0) is 16.1 Å². The van der Waals surface area contributed by atoms with Crippen molar-refractivity contribution in [2.24, 2.45) is 0 Å². The number of benzene rings is 1. The summed E-state index contributed by atoms with van der Waals surface area (Å²) in [6.07, 6.45) is 4.83. The van der Waals surface area contributed by atoms with E-state index < -0.39 is 0 Å². The van der Waals surface area contributed by atoms with Crippen LogP contribution in [0.15, 0.2) is 30.3 Å². The molecule has 1 heterocycles. The summed E-state index contributed by atoms with van der Waals surface area (Å²) in [5.41, 5.74) is 1.32. The van der Waals surface area contributed by atoms with Crippen LogP contribution in [0.4, 0.5) is 0 Å². The molecule has 1 aliphatic heterocycles. The SMILES string of the molecule is CCCCCC(=O)O[C@H]1CCN(Cc2ccccc2)C1. The summed E-state index contributed by atoms with van der Waals surface area (Å²) in [6, 6.07) is 10.5. The van der Waals surface area contributed by atoms with Crippen LogP contribution in [0.25, 0.3) is 0 Å². The number of rotatable bonds is 7. The van der Waals surface area contributed by atoms with E-state index in [1.807, 2.05) is 6.07 Å². The van der Waals surface area contributed by atoms with Gasteiger partial charge in [-0.15, -0.1) is 0 Å². The molecule has 0 saturated carbocycles. The molecule has 0 bridgehead atoms. The largest absolute Gasteiger partial charge is 0.461 e. The number of carbonyl (C=O) groups excluding carboxylic acids is 1. The Hall–Kier alpha value is -1.35. The van der Waals surface area contributed by atoms with E-state index in [-0.39, 0.29) is 12.1 Å². The lowest BCUT2D eigenvalue weighted by Crippen LogP contribution is -2.24. The van der Waals surface area contributed by atoms with Crippen LogP contribution >= 0.6 is 0 Å². The second-order valence-electron chi connectivity index (χ2n) is 5.58. The second-order valence-corrected chi connectivity index (χ2v) is 5.58. The standard InChI is InChI=1S/C17H25NO2/c1-2-3-5-10-17(19)20-16-11-12-18(14-16)13-15-8-6-4-7-9-15/h4,6-9,16H,2-3,5,10-14H2,1H3/t16-/m0/s1. The quantitative estimate of drug-likeness (QED) is 0.564. The molecular formula is C17H25NO2. The molecule has 20 heavy (non-hydrogen) atoms. The maximum absolute atomic E-state index is 11.7. The number of carbonyl (C=O) groups is 1. The second kappa shape index (κ2) is 8.05. The Kier molecular flexibility index (Phi) is 6.06. The van der Waals surface area contributed by atoms with Gasteiger partial charge in [0.15, 0.2) is 0 Å². The molecule has 2 rings (SSSR count). The zero-order chi connectivity index (χ0) is 14.2. The van der Waals surface area contributed by atoms with Crippen LogP contribution in [0, 0.1) is 0 Å². The van der Waals surface area contributed by atoms with Crippen LogP contribution in [0.3, 0.4) is 0 Å². The first-order chi connectivity index (χ1) is 9.78. The smallest absolute Gasteiger partial charge is 0.306 e. The van der Waals surface area contributed by atoms with Gasteiger partial charge in [0.05, 0.1) is 0 Å². The Bertz CT molecular complexity index is 405. The van der Waals surface area contributed by atoms with Gasteiger partial charge < -0.3 is 4.74 Å². The number of ether oxygens (including phenoxy) is 1. The minimum Gasteiger partial charge on any atom is -0.461 e. The molecule has 0 radical (unpaired) electrons. The molecule has 3 heteroatoms. The van der Waals surface area contributed by atoms with Gasteiger partial charge in [-0.25, -0.2) is 0 Å². The van der Waals surface area contributed by atoms with Crippen molar-refractivity contribution in [2.75, 3.05) is 13.1 Å². The fraction of sp³-hybridized carbons (Fsp3) is 0.588. The fourth-order valence-electron chi connectivity index (χ4n) is 2.64. The zero-order valence-electron chi connectivity index (χ0n) is 12.4. The first kappa shape index (κ1) is 15.0. The molecule has 1 aromatic carbocycles. The predicted octanol–water partition coefficient (Wildman–Crippen LogP) is 3.38. The molecule has 0 N–H and O–H groups in total. The monoisotopic (exact) mass is 275 g/mol. The number of hydrogen-bond donors (Lipinski definition) is 0. The lowest BCUT2D eigenvalue weighted by molar-refractivity contribution is -0.148. The molecule has 1 aliphatic rings. The summed E-state index contributed by atoms with van der Waals surface area (Å²) in [5.74, 6) is -0.0231. The number of unbranched alkanes of at least 4 members (excludes halogenated alkanes) is 2. The van der Waals surface area contributed by atoms with Gasteiger partial charge in [-0.3, -0.25) is 9.69 Å². The van der Waals surface area contributed by atoms with Crippen molar-refractivity contribution in [3.8, 4) is 0 Å². The molecule has 3 nitrogen and oxygen atoms in total. The minimum absolute atomic E-state index is 0.0231. The number of nitrogens with zero attached hydrogens (tertiary/aromatic N) is 1. The van der Waals surface area contributed by atoms with E-state index in [0.29, 0.717) is 6.42 Å². The summed E-state index contributed by atoms with van der Waals surface area (Å²) in [6.45, 7) is 4.98. The maximum Gasteiger partial charge on any atom is 0.306 e. The highest BCUT2D eigenvalue weighted by atomic mass is 16.5. The Morgan fingerprint density at radius 1 is 1.30 bits per heavy atom. The topological polar surface area (TPSA) is 29.5 Å². The highest BCUT2D eigenvalue weighted by Crippen LogP contribution is 2.16. The van der Waals surface area contributed by atoms with E-state index >= 15 is 0 Å². The Balaban J connectivity index is 1.68. The van der Waals surface area contributed by atoms with Crippen molar-refractivity contribution in [3.63, 3.8) is 0 Å². The maximum atomic E-state index is 11.7. The number of hydrogen-bond acceptors (Lipinski definition) is 3. The third kappa shape index (κ3) is 4.97. The van der Waals surface area contributed by atoms with Gasteiger partial charge in [-0.05, 0) is 18.4 Å². The highest BCUT2D eigenvalue weighted by molar-refractivity contribution is 5.69. The van der Waals surface area contributed by atoms with Crippen LogP contribution in [-0.4, -0.2) is 30.1 Å². The van der Waals surface area contributed by atoms with Crippen LogP contribution in [0.2, 0.25) is 0 Å². The summed E-state index contributed by atoms with van der Waals surface area (Å²) in [4.78, 5) is 14.1. The minimum atomic E-state index is -0.0231. The molecule has 0 aliphatic carbocycles. The van der Waals surface area contributed by atoms with Crippen molar-refractivity contribution in [2.45, 2.75) is 51.7 Å². The molecule has 0 unspecified atom stereocenters. The normalized spacial score (nSPS) is 19.1. The number of likely N-dealkylation sites (tertiary alicyclic amines) is 1. The molecule has 0 aromatic heterocycles. The summed E-state index contributed by atoms with van der Waals surface area (Å²) >= 11 is 0. The Labute approximate surface area is 121 Å². The van der Waals surface area contributed by atoms with E-state index in [2.05, 4.69) is 36.1 Å². The van der Waals surface area contributed by atoms with Crippen LogP contribution in [0.5, 0.6) is 0 Å². The van der Waals surface area contributed by atoms with Gasteiger partial charge in [0.25, 0.3) is 0 Å². The average molecular weight is 275 g/mol. The van der Waals surface area contributed by atoms with Gasteiger partial charge >= 0.3 is 5.97 Å². The van der Waals surface area contributed by atoms with Crippen molar-refractivity contribution in [1.29, 1.82) is 0 Å². The zero-order valence-corrected chi connectivity index (χ0v) is 12.4. The molecule has 0 spiro atoms. The molecule has 110 valence electrons. The van der Waals surface area contributed by atoms with Gasteiger partial charge in [0.2, 0.25) is 0 Å². The molecule has 1 saturated heterocycles. The van der Waals surface area contributed by atoms with Crippen molar-refractivity contribution >= 4 is 5.97 Å². The molecule has 0 amide bonds. The summed E-state index contributed by atoms with van der Waals surface area (Å²) in [7, 11) is 0. The summed E-state index contributed by atoms with van der Waals surface area (Å²) in [5, 5.41) is 0. The Morgan fingerprint density at radius 2 is 2.10 bits per heavy atom. The van der Waals surface area contributed by atoms with Gasteiger partial charge in [0.1, 0.15) is 6.10 Å². The molecule has 1 fully saturated rings. The van der Waals surface area contributed by atoms with Crippen molar-refractivity contribution in [1.82, 2.24) is 4.90 Å². The highest BCUT2D eigenvalue weighted by Gasteiger charge is 2.25. The third-order valence-corrected chi connectivity index (χ3v) is 3.76.